The second-order valence-corrected chi connectivity index (χ2v) is 12.6. The van der Waals surface area contributed by atoms with Gasteiger partial charge in [0.05, 0.1) is 12.6 Å². The van der Waals surface area contributed by atoms with Gasteiger partial charge in [0, 0.05) is 41.7 Å². The van der Waals surface area contributed by atoms with Crippen LogP contribution in [0.2, 0.25) is 0 Å². The normalized spacial score (nSPS) is 17.6. The number of nitrogens with zero attached hydrogens (tertiary/aromatic N) is 4. The van der Waals surface area contributed by atoms with Crippen molar-refractivity contribution < 1.29 is 18.3 Å². The van der Waals surface area contributed by atoms with E-state index in [0.29, 0.717) is 25.3 Å². The molecule has 2 aliphatic rings. The summed E-state index contributed by atoms with van der Waals surface area (Å²) < 4.78 is 34.1. The topological polar surface area (TPSA) is 144 Å². The zero-order valence-electron chi connectivity index (χ0n) is 21.9. The highest BCUT2D eigenvalue weighted by molar-refractivity contribution is 7.89. The third-order valence-electron chi connectivity index (χ3n) is 7.12. The molecule has 1 unspecified atom stereocenters. The monoisotopic (exact) mass is 538 g/mol. The number of pyridine rings is 1. The molecule has 2 aromatic heterocycles. The van der Waals surface area contributed by atoms with Crippen molar-refractivity contribution in [2.45, 2.75) is 57.6 Å². The summed E-state index contributed by atoms with van der Waals surface area (Å²) >= 11 is 0. The summed E-state index contributed by atoms with van der Waals surface area (Å²) in [4.78, 5) is 15.5. The highest BCUT2D eigenvalue weighted by Crippen LogP contribution is 2.39. The molecule has 1 atom stereocenters. The molecule has 1 aromatic carbocycles. The Morgan fingerprint density at radius 3 is 2.82 bits per heavy atom. The van der Waals surface area contributed by atoms with Crippen LogP contribution in [0.1, 0.15) is 44.0 Å². The number of nitrogen functional groups attached to an aromatic ring is 1. The molecule has 38 heavy (non-hydrogen) atoms. The second kappa shape index (κ2) is 10.1. The summed E-state index contributed by atoms with van der Waals surface area (Å²) in [5, 5.41) is 9.50. The molecule has 3 aromatic rings. The Hall–Kier alpha value is -3.28. The lowest BCUT2D eigenvalue weighted by Crippen LogP contribution is -2.31. The minimum atomic E-state index is -3.95. The van der Waals surface area contributed by atoms with Crippen molar-refractivity contribution in [3.8, 4) is 16.9 Å². The summed E-state index contributed by atoms with van der Waals surface area (Å²) in [5.41, 5.74) is 10.8. The first-order valence-electron chi connectivity index (χ1n) is 12.8. The first kappa shape index (κ1) is 26.3. The molecule has 0 bridgehead atoms. The molecule has 0 saturated carbocycles. The Morgan fingerprint density at radius 2 is 2.03 bits per heavy atom. The van der Waals surface area contributed by atoms with Gasteiger partial charge in [-0.25, -0.2) is 28.1 Å². The van der Waals surface area contributed by atoms with E-state index in [9.17, 15) is 13.5 Å². The lowest BCUT2D eigenvalue weighted by molar-refractivity contribution is 0.198. The Labute approximate surface area is 223 Å². The Morgan fingerprint density at radius 1 is 1.21 bits per heavy atom. The van der Waals surface area contributed by atoms with E-state index in [2.05, 4.69) is 33.4 Å². The Bertz CT molecular complexity index is 1460. The number of sulfonamides is 1. The van der Waals surface area contributed by atoms with Crippen LogP contribution in [0.4, 0.5) is 11.6 Å². The van der Waals surface area contributed by atoms with Gasteiger partial charge in [-0.1, -0.05) is 19.9 Å². The fraction of sp³-hybridized carbons (Fsp3) is 0.444. The number of fused-ring (bicyclic) bond motifs is 2. The van der Waals surface area contributed by atoms with E-state index in [-0.39, 0.29) is 22.7 Å². The molecule has 1 aliphatic carbocycles. The van der Waals surface area contributed by atoms with Gasteiger partial charge in [0.25, 0.3) is 0 Å². The van der Waals surface area contributed by atoms with Crippen LogP contribution in [0, 0.1) is 5.41 Å². The average Bonchev–Trinajstić information content (AvgIpc) is 3.09. The quantitative estimate of drug-likeness (QED) is 0.431. The first-order valence-corrected chi connectivity index (χ1v) is 14.3. The number of nitrogens with one attached hydrogen (secondary N) is 1. The number of benzene rings is 1. The van der Waals surface area contributed by atoms with Gasteiger partial charge in [0.15, 0.2) is 0 Å². The standard InChI is InChI=1S/C27H34N6O4S/c1-17(34)13-32-38(35,36)24-11-19(14-29-25(24)28)18-4-5-23-20(10-18)15-33(8-9-37-23)26-21-12-27(2,3)7-6-22(21)30-16-31-26/h4-5,10-11,14,16-17,32,34H,6-9,12-13,15H2,1-3H3,(H2,28,29). The SMILES string of the molecule is CC(O)CNS(=O)(=O)c1cc(-c2ccc3c(c2)CN(c2ncnc4c2CC(C)(C)CC4)CCO3)cnc1N. The predicted octanol–water partition coefficient (Wildman–Crippen LogP) is 2.69. The number of hydrogen-bond acceptors (Lipinski definition) is 9. The minimum absolute atomic E-state index is 0.104. The van der Waals surface area contributed by atoms with E-state index >= 15 is 0 Å². The van der Waals surface area contributed by atoms with Gasteiger partial charge < -0.3 is 20.5 Å². The minimum Gasteiger partial charge on any atom is -0.491 e. The molecule has 0 radical (unpaired) electrons. The molecule has 1 aliphatic heterocycles. The summed E-state index contributed by atoms with van der Waals surface area (Å²) in [7, 11) is -3.95. The molecule has 0 amide bonds. The number of ether oxygens (including phenoxy) is 1. The molecular formula is C27H34N6O4S. The number of aromatic nitrogens is 3. The Balaban J connectivity index is 1.47. The smallest absolute Gasteiger partial charge is 0.244 e. The largest absolute Gasteiger partial charge is 0.491 e. The number of rotatable bonds is 6. The van der Waals surface area contributed by atoms with Crippen molar-refractivity contribution in [1.82, 2.24) is 19.7 Å². The third-order valence-corrected chi connectivity index (χ3v) is 8.57. The lowest BCUT2D eigenvalue weighted by Gasteiger charge is -2.33. The number of aryl methyl sites for hydroxylation is 1. The lowest BCUT2D eigenvalue weighted by atomic mass is 9.76. The highest BCUT2D eigenvalue weighted by Gasteiger charge is 2.31. The maximum Gasteiger partial charge on any atom is 0.244 e. The van der Waals surface area contributed by atoms with Crippen molar-refractivity contribution >= 4 is 21.7 Å². The number of aliphatic hydroxyl groups excluding tert-OH is 1. The zero-order valence-corrected chi connectivity index (χ0v) is 22.8. The van der Waals surface area contributed by atoms with Crippen molar-refractivity contribution in [3.63, 3.8) is 0 Å². The van der Waals surface area contributed by atoms with Crippen LogP contribution in [-0.2, 0) is 29.4 Å². The van der Waals surface area contributed by atoms with Gasteiger partial charge in [-0.05, 0) is 55.4 Å². The van der Waals surface area contributed by atoms with E-state index in [1.807, 2.05) is 18.2 Å². The third kappa shape index (κ3) is 5.45. The van der Waals surface area contributed by atoms with Gasteiger partial charge >= 0.3 is 0 Å². The average molecular weight is 539 g/mol. The van der Waals surface area contributed by atoms with Crippen molar-refractivity contribution in [2.24, 2.45) is 5.41 Å². The van der Waals surface area contributed by atoms with E-state index in [0.717, 1.165) is 47.7 Å². The van der Waals surface area contributed by atoms with Crippen LogP contribution in [0.15, 0.2) is 41.7 Å². The van der Waals surface area contributed by atoms with Gasteiger partial charge in [-0.3, -0.25) is 0 Å². The predicted molar refractivity (Wildman–Crippen MR) is 145 cm³/mol. The number of anilines is 2. The highest BCUT2D eigenvalue weighted by atomic mass is 32.2. The molecule has 0 fully saturated rings. The van der Waals surface area contributed by atoms with Crippen molar-refractivity contribution in [3.05, 3.63) is 53.6 Å². The molecule has 10 nitrogen and oxygen atoms in total. The van der Waals surface area contributed by atoms with Crippen LogP contribution in [-0.4, -0.2) is 54.3 Å². The molecular weight excluding hydrogens is 504 g/mol. The summed E-state index contributed by atoms with van der Waals surface area (Å²) in [6.45, 7) is 7.76. The Kier molecular flexibility index (Phi) is 7.01. The number of hydrogen-bond donors (Lipinski definition) is 3. The molecule has 202 valence electrons. The van der Waals surface area contributed by atoms with Gasteiger partial charge in [-0.2, -0.15) is 0 Å². The maximum atomic E-state index is 12.8. The van der Waals surface area contributed by atoms with E-state index in [1.165, 1.54) is 18.6 Å². The van der Waals surface area contributed by atoms with Crippen LogP contribution in [0.5, 0.6) is 5.75 Å². The van der Waals surface area contributed by atoms with E-state index < -0.39 is 16.1 Å². The number of nitrogens with two attached hydrogens (primary N) is 1. The van der Waals surface area contributed by atoms with E-state index in [4.69, 9.17) is 15.5 Å². The maximum absolute atomic E-state index is 12.8. The fourth-order valence-corrected chi connectivity index (χ4v) is 6.25. The van der Waals surface area contributed by atoms with Crippen molar-refractivity contribution in [1.29, 1.82) is 0 Å². The molecule has 0 saturated heterocycles. The van der Waals surface area contributed by atoms with Crippen molar-refractivity contribution in [2.75, 3.05) is 30.3 Å². The number of aliphatic hydroxyl groups is 1. The van der Waals surface area contributed by atoms with Crippen LogP contribution in [0.25, 0.3) is 11.1 Å². The van der Waals surface area contributed by atoms with Gasteiger partial charge in [0.1, 0.15) is 35.2 Å². The molecule has 5 rings (SSSR count). The molecule has 0 spiro atoms. The van der Waals surface area contributed by atoms with Crippen LogP contribution >= 0.6 is 0 Å². The summed E-state index contributed by atoms with van der Waals surface area (Å²) in [5.74, 6) is 1.64. The second-order valence-electron chi connectivity index (χ2n) is 10.9. The van der Waals surface area contributed by atoms with Gasteiger partial charge in [-0.15, -0.1) is 0 Å². The van der Waals surface area contributed by atoms with E-state index in [1.54, 1.807) is 12.5 Å². The summed E-state index contributed by atoms with van der Waals surface area (Å²) in [6, 6.07) is 7.30. The first-order chi connectivity index (χ1) is 18.0. The van der Waals surface area contributed by atoms with Crippen LogP contribution in [0.3, 0.4) is 0 Å². The van der Waals surface area contributed by atoms with Crippen LogP contribution < -0.4 is 20.1 Å². The fourth-order valence-electron chi connectivity index (χ4n) is 5.02. The zero-order chi connectivity index (χ0) is 27.1. The molecule has 11 heteroatoms. The van der Waals surface area contributed by atoms with Gasteiger partial charge in [0.2, 0.25) is 10.0 Å². The summed E-state index contributed by atoms with van der Waals surface area (Å²) in [6.07, 6.45) is 5.37. The molecule has 4 N–H and O–H groups in total. The molecule has 3 heterocycles.